The second-order valence-electron chi connectivity index (χ2n) is 4.63. The fraction of sp³-hybridized carbons (Fsp3) is 1.00. The minimum Gasteiger partial charge on any atom is -0.387 e. The van der Waals surface area contributed by atoms with Crippen LogP contribution < -0.4 is 0 Å². The van der Waals surface area contributed by atoms with Gasteiger partial charge in [0.2, 0.25) is 0 Å². The molecular formula is C10H20O3. The fourth-order valence-electron chi connectivity index (χ4n) is 1.82. The summed E-state index contributed by atoms with van der Waals surface area (Å²) in [5.74, 6) is 0.376. The molecule has 0 saturated carbocycles. The van der Waals surface area contributed by atoms with E-state index in [1.807, 2.05) is 0 Å². The number of aliphatic hydroxyl groups excluding tert-OH is 1. The summed E-state index contributed by atoms with van der Waals surface area (Å²) in [5.41, 5.74) is -1.01. The number of ether oxygens (including phenoxy) is 1. The molecule has 1 aliphatic rings. The van der Waals surface area contributed by atoms with E-state index in [0.717, 1.165) is 0 Å². The third-order valence-electron chi connectivity index (χ3n) is 2.83. The van der Waals surface area contributed by atoms with Gasteiger partial charge in [0.25, 0.3) is 0 Å². The van der Waals surface area contributed by atoms with Gasteiger partial charge in [0, 0.05) is 6.42 Å². The first-order valence-corrected chi connectivity index (χ1v) is 4.90. The van der Waals surface area contributed by atoms with E-state index in [-0.39, 0.29) is 12.2 Å². The largest absolute Gasteiger partial charge is 0.387 e. The molecule has 1 saturated heterocycles. The van der Waals surface area contributed by atoms with E-state index in [1.165, 1.54) is 0 Å². The Bertz CT molecular complexity index is 177. The Balaban J connectivity index is 2.70. The van der Waals surface area contributed by atoms with Gasteiger partial charge in [-0.25, -0.2) is 0 Å². The highest BCUT2D eigenvalue weighted by atomic mass is 16.5. The van der Waals surface area contributed by atoms with E-state index < -0.39 is 11.7 Å². The molecule has 0 bridgehead atoms. The summed E-state index contributed by atoms with van der Waals surface area (Å²) in [4.78, 5) is 0. The molecular weight excluding hydrogens is 168 g/mol. The van der Waals surface area contributed by atoms with Gasteiger partial charge in [-0.15, -0.1) is 0 Å². The third kappa shape index (κ3) is 2.22. The summed E-state index contributed by atoms with van der Waals surface area (Å²) >= 11 is 0. The normalized spacial score (nSPS) is 46.8. The molecule has 4 atom stereocenters. The summed E-state index contributed by atoms with van der Waals surface area (Å²) in [6, 6.07) is 0. The lowest BCUT2D eigenvalue weighted by molar-refractivity contribution is -0.212. The summed E-state index contributed by atoms with van der Waals surface area (Å²) in [7, 11) is 0. The highest BCUT2D eigenvalue weighted by Crippen LogP contribution is 2.31. The maximum absolute atomic E-state index is 9.90. The van der Waals surface area contributed by atoms with Crippen molar-refractivity contribution in [2.24, 2.45) is 5.92 Å². The Morgan fingerprint density at radius 2 is 2.00 bits per heavy atom. The molecule has 0 aromatic rings. The average molecular weight is 188 g/mol. The van der Waals surface area contributed by atoms with Gasteiger partial charge in [0.15, 0.2) is 0 Å². The highest BCUT2D eigenvalue weighted by molar-refractivity contribution is 4.93. The highest BCUT2D eigenvalue weighted by Gasteiger charge is 2.43. The lowest BCUT2D eigenvalue weighted by Gasteiger charge is -2.43. The van der Waals surface area contributed by atoms with Crippen LogP contribution in [-0.2, 0) is 4.74 Å². The van der Waals surface area contributed by atoms with Crippen LogP contribution in [0.4, 0.5) is 0 Å². The first kappa shape index (κ1) is 11.0. The van der Waals surface area contributed by atoms with Crippen molar-refractivity contribution in [2.45, 2.75) is 58.0 Å². The quantitative estimate of drug-likeness (QED) is 0.643. The molecule has 4 unspecified atom stereocenters. The smallest absolute Gasteiger partial charge is 0.108 e. The maximum atomic E-state index is 9.90. The third-order valence-corrected chi connectivity index (χ3v) is 2.83. The van der Waals surface area contributed by atoms with Crippen molar-refractivity contribution in [3.8, 4) is 0 Å². The lowest BCUT2D eigenvalue weighted by Crippen LogP contribution is -2.55. The van der Waals surface area contributed by atoms with Crippen molar-refractivity contribution in [1.82, 2.24) is 0 Å². The zero-order chi connectivity index (χ0) is 10.2. The van der Waals surface area contributed by atoms with Gasteiger partial charge in [-0.1, -0.05) is 13.8 Å². The molecule has 1 rings (SSSR count). The average Bonchev–Trinajstić information content (AvgIpc) is 1.99. The topological polar surface area (TPSA) is 49.7 Å². The fourth-order valence-corrected chi connectivity index (χ4v) is 1.82. The molecule has 0 amide bonds. The molecule has 3 nitrogen and oxygen atoms in total. The number of rotatable bonds is 1. The standard InChI is InChI=1S/C10H20O3/c1-6(2)8-5-10(4,12)9(11)7(3)13-8/h6-9,11-12H,5H2,1-4H3. The molecule has 1 fully saturated rings. The van der Waals surface area contributed by atoms with Gasteiger partial charge in [0.1, 0.15) is 6.10 Å². The molecule has 78 valence electrons. The zero-order valence-electron chi connectivity index (χ0n) is 8.82. The van der Waals surface area contributed by atoms with Crippen molar-refractivity contribution in [3.63, 3.8) is 0 Å². The van der Waals surface area contributed by atoms with Crippen LogP contribution in [0, 0.1) is 5.92 Å². The van der Waals surface area contributed by atoms with Crippen LogP contribution in [-0.4, -0.2) is 34.1 Å². The van der Waals surface area contributed by atoms with Crippen molar-refractivity contribution in [3.05, 3.63) is 0 Å². The van der Waals surface area contributed by atoms with Crippen LogP contribution in [0.15, 0.2) is 0 Å². The Kier molecular flexibility index (Phi) is 3.00. The maximum Gasteiger partial charge on any atom is 0.108 e. The minimum atomic E-state index is -1.01. The molecule has 0 spiro atoms. The predicted octanol–water partition coefficient (Wildman–Crippen LogP) is 0.932. The first-order valence-electron chi connectivity index (χ1n) is 4.90. The van der Waals surface area contributed by atoms with E-state index in [0.29, 0.717) is 12.3 Å². The Morgan fingerprint density at radius 1 is 1.46 bits per heavy atom. The Labute approximate surface area is 79.7 Å². The van der Waals surface area contributed by atoms with Gasteiger partial charge in [-0.3, -0.25) is 0 Å². The molecule has 0 aromatic heterocycles. The van der Waals surface area contributed by atoms with Gasteiger partial charge in [-0.05, 0) is 19.8 Å². The van der Waals surface area contributed by atoms with E-state index in [4.69, 9.17) is 4.74 Å². The number of aliphatic hydroxyl groups is 2. The van der Waals surface area contributed by atoms with Crippen LogP contribution in [0.2, 0.25) is 0 Å². The molecule has 2 N–H and O–H groups in total. The Hall–Kier alpha value is -0.120. The van der Waals surface area contributed by atoms with Gasteiger partial charge >= 0.3 is 0 Å². The van der Waals surface area contributed by atoms with Crippen LogP contribution in [0.3, 0.4) is 0 Å². The Morgan fingerprint density at radius 3 is 2.38 bits per heavy atom. The van der Waals surface area contributed by atoms with Crippen LogP contribution in [0.25, 0.3) is 0 Å². The predicted molar refractivity (Wildman–Crippen MR) is 50.4 cm³/mol. The van der Waals surface area contributed by atoms with Crippen LogP contribution in [0.5, 0.6) is 0 Å². The van der Waals surface area contributed by atoms with Gasteiger partial charge in [-0.2, -0.15) is 0 Å². The molecule has 1 heterocycles. The zero-order valence-corrected chi connectivity index (χ0v) is 8.82. The monoisotopic (exact) mass is 188 g/mol. The SMILES string of the molecule is CC(C)C1CC(C)(O)C(O)C(C)O1. The van der Waals surface area contributed by atoms with Crippen molar-refractivity contribution in [1.29, 1.82) is 0 Å². The lowest BCUT2D eigenvalue weighted by atomic mass is 9.83. The second kappa shape index (κ2) is 3.56. The van der Waals surface area contributed by atoms with Gasteiger partial charge < -0.3 is 14.9 Å². The molecule has 13 heavy (non-hydrogen) atoms. The van der Waals surface area contributed by atoms with Crippen LogP contribution in [0.1, 0.15) is 34.1 Å². The summed E-state index contributed by atoms with van der Waals surface area (Å²) in [5, 5.41) is 19.5. The molecule has 3 heteroatoms. The van der Waals surface area contributed by atoms with E-state index >= 15 is 0 Å². The number of hydrogen-bond donors (Lipinski definition) is 2. The minimum absolute atomic E-state index is 0.0494. The first-order chi connectivity index (χ1) is 5.84. The number of hydrogen-bond acceptors (Lipinski definition) is 3. The summed E-state index contributed by atoms with van der Waals surface area (Å²) in [6.45, 7) is 7.59. The van der Waals surface area contributed by atoms with Crippen molar-refractivity contribution in [2.75, 3.05) is 0 Å². The van der Waals surface area contributed by atoms with E-state index in [1.54, 1.807) is 13.8 Å². The van der Waals surface area contributed by atoms with Crippen LogP contribution >= 0.6 is 0 Å². The molecule has 0 radical (unpaired) electrons. The summed E-state index contributed by atoms with van der Waals surface area (Å²) < 4.78 is 5.59. The molecule has 1 aliphatic heterocycles. The van der Waals surface area contributed by atoms with E-state index in [2.05, 4.69) is 13.8 Å². The molecule has 0 aromatic carbocycles. The molecule has 0 aliphatic carbocycles. The van der Waals surface area contributed by atoms with E-state index in [9.17, 15) is 10.2 Å². The summed E-state index contributed by atoms with van der Waals surface area (Å²) in [6.07, 6.45) is -0.497. The van der Waals surface area contributed by atoms with Crippen molar-refractivity contribution < 1.29 is 14.9 Å². The van der Waals surface area contributed by atoms with Gasteiger partial charge in [0.05, 0.1) is 17.8 Å². The van der Waals surface area contributed by atoms with Crippen molar-refractivity contribution >= 4 is 0 Å². The second-order valence-corrected chi connectivity index (χ2v) is 4.63.